The molecule has 1 aromatic rings. The van der Waals surface area contributed by atoms with Crippen molar-refractivity contribution in [2.75, 3.05) is 13.2 Å². The Morgan fingerprint density at radius 3 is 2.80 bits per heavy atom. The lowest BCUT2D eigenvalue weighted by Crippen LogP contribution is -2.34. The smallest absolute Gasteiger partial charge is 0.0499 e. The van der Waals surface area contributed by atoms with E-state index in [-0.39, 0.29) is 5.41 Å². The van der Waals surface area contributed by atoms with Gasteiger partial charge in [0.25, 0.3) is 0 Å². The second-order valence-electron chi connectivity index (χ2n) is 4.55. The van der Waals surface area contributed by atoms with E-state index in [1.165, 1.54) is 30.6 Å². The molecule has 0 radical (unpaired) electrons. The lowest BCUT2D eigenvalue weighted by Gasteiger charge is -2.26. The zero-order valence-corrected chi connectivity index (χ0v) is 9.85. The first-order valence-electron chi connectivity index (χ1n) is 5.69. The van der Waals surface area contributed by atoms with Crippen LogP contribution in [0.2, 0.25) is 0 Å². The maximum absolute atomic E-state index is 9.44. The molecule has 1 aliphatic carbocycles. The summed E-state index contributed by atoms with van der Waals surface area (Å²) in [6.07, 6.45) is 4.92. The zero-order valence-electron chi connectivity index (χ0n) is 9.04. The minimum atomic E-state index is 0.178. The number of hydrogen-bond donors (Lipinski definition) is 2. The molecule has 0 unspecified atom stereocenters. The van der Waals surface area contributed by atoms with Crippen molar-refractivity contribution in [3.63, 3.8) is 0 Å². The van der Waals surface area contributed by atoms with Gasteiger partial charge in [-0.25, -0.2) is 0 Å². The molecule has 1 aromatic heterocycles. The molecular formula is C12H19NOS. The summed E-state index contributed by atoms with van der Waals surface area (Å²) in [5.74, 6) is 0. The quantitative estimate of drug-likeness (QED) is 0.806. The van der Waals surface area contributed by atoms with Gasteiger partial charge in [-0.1, -0.05) is 18.9 Å². The molecule has 0 amide bonds. The Kier molecular flexibility index (Phi) is 3.78. The van der Waals surface area contributed by atoms with Crippen molar-refractivity contribution in [2.45, 2.75) is 32.2 Å². The van der Waals surface area contributed by atoms with Crippen LogP contribution < -0.4 is 5.32 Å². The predicted octanol–water partition coefficient (Wildman–Crippen LogP) is 2.39. The molecule has 0 aromatic carbocycles. The Bertz CT molecular complexity index is 278. The van der Waals surface area contributed by atoms with E-state index in [0.29, 0.717) is 6.61 Å². The Hall–Kier alpha value is -0.380. The average molecular weight is 225 g/mol. The second-order valence-corrected chi connectivity index (χ2v) is 5.58. The normalized spacial score (nSPS) is 19.5. The summed E-state index contributed by atoms with van der Waals surface area (Å²) in [6.45, 7) is 2.24. The van der Waals surface area contributed by atoms with Gasteiger partial charge < -0.3 is 10.4 Å². The van der Waals surface area contributed by atoms with Crippen LogP contribution in [0, 0.1) is 5.41 Å². The minimum absolute atomic E-state index is 0.178. The molecule has 1 aliphatic rings. The standard InChI is InChI=1S/C12H19NOS/c14-10-12(5-1-2-6-12)9-13-8-11-4-3-7-15-11/h3-4,7,13-14H,1-2,5-6,8-10H2. The fourth-order valence-corrected chi connectivity index (χ4v) is 3.05. The summed E-state index contributed by atoms with van der Waals surface area (Å²) in [7, 11) is 0. The highest BCUT2D eigenvalue weighted by Crippen LogP contribution is 2.36. The Labute approximate surface area is 95.3 Å². The van der Waals surface area contributed by atoms with E-state index < -0.39 is 0 Å². The van der Waals surface area contributed by atoms with Gasteiger partial charge >= 0.3 is 0 Å². The highest BCUT2D eigenvalue weighted by Gasteiger charge is 2.32. The lowest BCUT2D eigenvalue weighted by molar-refractivity contribution is 0.128. The van der Waals surface area contributed by atoms with Gasteiger partial charge in [0.1, 0.15) is 0 Å². The predicted molar refractivity (Wildman–Crippen MR) is 64.0 cm³/mol. The maximum atomic E-state index is 9.44. The van der Waals surface area contributed by atoms with Crippen molar-refractivity contribution in [3.05, 3.63) is 22.4 Å². The molecule has 84 valence electrons. The number of aliphatic hydroxyl groups excluding tert-OH is 1. The summed E-state index contributed by atoms with van der Waals surface area (Å²) < 4.78 is 0. The molecule has 1 heterocycles. The maximum Gasteiger partial charge on any atom is 0.0499 e. The van der Waals surface area contributed by atoms with E-state index >= 15 is 0 Å². The van der Waals surface area contributed by atoms with Gasteiger partial charge in [-0.05, 0) is 24.3 Å². The SMILES string of the molecule is OCC1(CNCc2cccs2)CCCC1. The van der Waals surface area contributed by atoms with Crippen LogP contribution in [0.5, 0.6) is 0 Å². The summed E-state index contributed by atoms with van der Waals surface area (Å²) in [5.41, 5.74) is 0.178. The topological polar surface area (TPSA) is 32.3 Å². The first kappa shape index (κ1) is 11.1. The van der Waals surface area contributed by atoms with Gasteiger partial charge in [-0.15, -0.1) is 11.3 Å². The third-order valence-electron chi connectivity index (χ3n) is 3.38. The van der Waals surface area contributed by atoms with Crippen molar-refractivity contribution >= 4 is 11.3 Å². The molecule has 0 saturated heterocycles. The number of aliphatic hydroxyl groups is 1. The second kappa shape index (κ2) is 5.10. The number of nitrogens with one attached hydrogen (secondary N) is 1. The molecule has 1 fully saturated rings. The molecule has 0 bridgehead atoms. The summed E-state index contributed by atoms with van der Waals surface area (Å²) in [4.78, 5) is 1.38. The molecule has 2 N–H and O–H groups in total. The van der Waals surface area contributed by atoms with Gasteiger partial charge in [-0.3, -0.25) is 0 Å². The highest BCUT2D eigenvalue weighted by molar-refractivity contribution is 7.09. The van der Waals surface area contributed by atoms with Crippen molar-refractivity contribution in [1.82, 2.24) is 5.32 Å². The molecule has 0 spiro atoms. The van der Waals surface area contributed by atoms with E-state index in [4.69, 9.17) is 0 Å². The fraction of sp³-hybridized carbons (Fsp3) is 0.667. The molecule has 0 aliphatic heterocycles. The Morgan fingerprint density at radius 2 is 2.20 bits per heavy atom. The van der Waals surface area contributed by atoms with Gasteiger partial charge in [0.05, 0.1) is 0 Å². The first-order valence-corrected chi connectivity index (χ1v) is 6.57. The van der Waals surface area contributed by atoms with Crippen LogP contribution >= 0.6 is 11.3 Å². The third kappa shape index (κ3) is 2.80. The molecule has 0 atom stereocenters. The van der Waals surface area contributed by atoms with Gasteiger partial charge in [0.15, 0.2) is 0 Å². The van der Waals surface area contributed by atoms with Crippen LogP contribution in [0.3, 0.4) is 0 Å². The van der Waals surface area contributed by atoms with Gasteiger partial charge in [-0.2, -0.15) is 0 Å². The molecule has 1 saturated carbocycles. The number of rotatable bonds is 5. The third-order valence-corrected chi connectivity index (χ3v) is 4.26. The van der Waals surface area contributed by atoms with Crippen molar-refractivity contribution in [3.8, 4) is 0 Å². The van der Waals surface area contributed by atoms with Crippen molar-refractivity contribution in [2.24, 2.45) is 5.41 Å². The van der Waals surface area contributed by atoms with Crippen LogP contribution in [-0.2, 0) is 6.54 Å². The summed E-state index contributed by atoms with van der Waals surface area (Å²) in [5, 5.41) is 15.0. The minimum Gasteiger partial charge on any atom is -0.396 e. The first-order chi connectivity index (χ1) is 7.35. The average Bonchev–Trinajstić information content (AvgIpc) is 2.89. The molecule has 3 heteroatoms. The lowest BCUT2D eigenvalue weighted by atomic mass is 9.87. The van der Waals surface area contributed by atoms with E-state index in [0.717, 1.165) is 13.1 Å². The molecular weight excluding hydrogens is 206 g/mol. The van der Waals surface area contributed by atoms with Crippen molar-refractivity contribution < 1.29 is 5.11 Å². The van der Waals surface area contributed by atoms with E-state index in [1.807, 2.05) is 0 Å². The van der Waals surface area contributed by atoms with E-state index in [1.54, 1.807) is 11.3 Å². The van der Waals surface area contributed by atoms with Crippen LogP contribution in [0.15, 0.2) is 17.5 Å². The Balaban J connectivity index is 1.77. The number of thiophene rings is 1. The molecule has 15 heavy (non-hydrogen) atoms. The van der Waals surface area contributed by atoms with E-state index in [2.05, 4.69) is 22.8 Å². The van der Waals surface area contributed by atoms with E-state index in [9.17, 15) is 5.11 Å². The monoisotopic (exact) mass is 225 g/mol. The van der Waals surface area contributed by atoms with Crippen LogP contribution in [-0.4, -0.2) is 18.3 Å². The van der Waals surface area contributed by atoms with Gasteiger partial charge in [0.2, 0.25) is 0 Å². The van der Waals surface area contributed by atoms with Crippen LogP contribution in [0.4, 0.5) is 0 Å². The van der Waals surface area contributed by atoms with Crippen molar-refractivity contribution in [1.29, 1.82) is 0 Å². The molecule has 2 nitrogen and oxygen atoms in total. The summed E-state index contributed by atoms with van der Waals surface area (Å²) in [6, 6.07) is 4.23. The fourth-order valence-electron chi connectivity index (χ4n) is 2.38. The Morgan fingerprint density at radius 1 is 1.40 bits per heavy atom. The summed E-state index contributed by atoms with van der Waals surface area (Å²) >= 11 is 1.79. The largest absolute Gasteiger partial charge is 0.396 e. The van der Waals surface area contributed by atoms with Crippen LogP contribution in [0.1, 0.15) is 30.6 Å². The number of hydrogen-bond acceptors (Lipinski definition) is 3. The van der Waals surface area contributed by atoms with Crippen LogP contribution in [0.25, 0.3) is 0 Å². The highest BCUT2D eigenvalue weighted by atomic mass is 32.1. The van der Waals surface area contributed by atoms with Gasteiger partial charge in [0, 0.05) is 30.0 Å². The zero-order chi connectivity index (χ0) is 10.6. The molecule has 2 rings (SSSR count).